The standard InChI is InChI=1S/C14H19Cl2NOS/c1-10(17-19(18)14(2,3)4)5-6-11-7-8-12(15)13(16)9-11/h7-9H,5-6H2,1-4H3. The van der Waals surface area contributed by atoms with Gasteiger partial charge in [0.15, 0.2) is 0 Å². The molecule has 0 saturated carbocycles. The lowest BCUT2D eigenvalue weighted by Gasteiger charge is -2.18. The molecule has 1 rings (SSSR count). The summed E-state index contributed by atoms with van der Waals surface area (Å²) in [6, 6.07) is 5.60. The highest BCUT2D eigenvalue weighted by Crippen LogP contribution is 2.23. The predicted octanol–water partition coefficient (Wildman–Crippen LogP) is 4.85. The fourth-order valence-electron chi connectivity index (χ4n) is 1.34. The number of benzene rings is 1. The summed E-state index contributed by atoms with van der Waals surface area (Å²) in [4.78, 5) is 0. The van der Waals surface area contributed by atoms with Gasteiger partial charge in [0.25, 0.3) is 0 Å². The molecule has 0 N–H and O–H groups in total. The Hall–Kier alpha value is -0.220. The summed E-state index contributed by atoms with van der Waals surface area (Å²) in [6.45, 7) is 7.65. The van der Waals surface area contributed by atoms with Crippen molar-refractivity contribution in [1.29, 1.82) is 0 Å². The van der Waals surface area contributed by atoms with Gasteiger partial charge >= 0.3 is 0 Å². The van der Waals surface area contributed by atoms with Crippen LogP contribution >= 0.6 is 23.2 Å². The van der Waals surface area contributed by atoms with Gasteiger partial charge in [-0.2, -0.15) is 0 Å². The van der Waals surface area contributed by atoms with E-state index in [1.54, 1.807) is 6.07 Å². The zero-order valence-corrected chi connectivity index (χ0v) is 14.0. The lowest BCUT2D eigenvalue weighted by Crippen LogP contribution is -2.26. The Labute approximate surface area is 128 Å². The molecule has 0 amide bonds. The molecule has 0 saturated heterocycles. The highest BCUT2D eigenvalue weighted by atomic mass is 35.5. The Bertz CT molecular complexity index is 469. The van der Waals surface area contributed by atoms with E-state index >= 15 is 0 Å². The summed E-state index contributed by atoms with van der Waals surface area (Å²) in [6.07, 6.45) is 1.58. The van der Waals surface area contributed by atoms with Crippen LogP contribution in [0.4, 0.5) is 0 Å². The molecular weight excluding hydrogens is 301 g/mol. The minimum atomic E-state index is -1.19. The van der Waals surface area contributed by atoms with Gasteiger partial charge in [-0.25, -0.2) is 0 Å². The van der Waals surface area contributed by atoms with E-state index in [-0.39, 0.29) is 4.75 Å². The molecule has 0 radical (unpaired) electrons. The van der Waals surface area contributed by atoms with Crippen molar-refractivity contribution in [2.45, 2.75) is 45.3 Å². The molecule has 0 aliphatic carbocycles. The van der Waals surface area contributed by atoms with Crippen LogP contribution in [0.3, 0.4) is 0 Å². The van der Waals surface area contributed by atoms with E-state index in [2.05, 4.69) is 4.40 Å². The lowest BCUT2D eigenvalue weighted by molar-refractivity contribution is 0.561. The van der Waals surface area contributed by atoms with Gasteiger partial charge in [0.2, 0.25) is 0 Å². The van der Waals surface area contributed by atoms with Crippen molar-refractivity contribution < 1.29 is 4.55 Å². The second-order valence-electron chi connectivity index (χ2n) is 5.44. The molecule has 106 valence electrons. The Balaban J connectivity index is 2.61. The first-order valence-corrected chi connectivity index (χ1v) is 7.96. The molecule has 0 aliphatic heterocycles. The predicted molar refractivity (Wildman–Crippen MR) is 85.8 cm³/mol. The van der Waals surface area contributed by atoms with E-state index in [0.29, 0.717) is 10.0 Å². The molecule has 0 aliphatic rings. The van der Waals surface area contributed by atoms with Crippen molar-refractivity contribution >= 4 is 40.3 Å². The fourth-order valence-corrected chi connectivity index (χ4v) is 2.31. The number of hydrogen-bond donors (Lipinski definition) is 0. The Kier molecular flexibility index (Phi) is 6.18. The van der Waals surface area contributed by atoms with Crippen LogP contribution in [0.1, 0.15) is 39.7 Å². The van der Waals surface area contributed by atoms with Crippen molar-refractivity contribution in [3.8, 4) is 0 Å². The zero-order valence-electron chi connectivity index (χ0n) is 11.7. The third-order valence-corrected chi connectivity index (χ3v) is 4.79. The average molecular weight is 320 g/mol. The smallest absolute Gasteiger partial charge is 0.144 e. The molecule has 0 spiro atoms. The summed E-state index contributed by atoms with van der Waals surface area (Å²) in [5.74, 6) is 0. The lowest BCUT2D eigenvalue weighted by atomic mass is 10.1. The molecule has 0 heterocycles. The molecule has 0 aromatic heterocycles. The summed E-state index contributed by atoms with van der Waals surface area (Å²) in [5, 5.41) is 1.12. The van der Waals surface area contributed by atoms with Crippen molar-refractivity contribution in [1.82, 2.24) is 0 Å². The van der Waals surface area contributed by atoms with Gasteiger partial charge in [-0.1, -0.05) is 33.7 Å². The Morgan fingerprint density at radius 2 is 1.89 bits per heavy atom. The number of halogens is 2. The van der Waals surface area contributed by atoms with Gasteiger partial charge in [-0.3, -0.25) is 0 Å². The van der Waals surface area contributed by atoms with Crippen LogP contribution in [-0.4, -0.2) is 15.0 Å². The zero-order chi connectivity index (χ0) is 14.6. The average Bonchev–Trinajstić information content (AvgIpc) is 2.29. The highest BCUT2D eigenvalue weighted by Gasteiger charge is 2.26. The molecular formula is C14H19Cl2NOS. The van der Waals surface area contributed by atoms with Gasteiger partial charge in [-0.15, -0.1) is 0 Å². The van der Waals surface area contributed by atoms with Crippen LogP contribution in [0.2, 0.25) is 10.0 Å². The van der Waals surface area contributed by atoms with E-state index in [1.165, 1.54) is 0 Å². The summed E-state index contributed by atoms with van der Waals surface area (Å²) < 4.78 is 15.8. The normalized spacial score (nSPS) is 14.6. The van der Waals surface area contributed by atoms with Crippen molar-refractivity contribution in [2.75, 3.05) is 0 Å². The topological polar surface area (TPSA) is 35.4 Å². The first-order chi connectivity index (χ1) is 8.70. The third kappa shape index (κ3) is 5.74. The summed E-state index contributed by atoms with van der Waals surface area (Å²) in [7, 11) is 0. The van der Waals surface area contributed by atoms with E-state index in [4.69, 9.17) is 23.2 Å². The molecule has 0 bridgehead atoms. The summed E-state index contributed by atoms with van der Waals surface area (Å²) in [5.41, 5.74) is 1.99. The Morgan fingerprint density at radius 1 is 1.26 bits per heavy atom. The minimum absolute atomic E-state index is 0.315. The van der Waals surface area contributed by atoms with Crippen LogP contribution in [0.5, 0.6) is 0 Å². The molecule has 1 aromatic carbocycles. The van der Waals surface area contributed by atoms with Crippen LogP contribution in [0.25, 0.3) is 0 Å². The number of nitrogens with zero attached hydrogens (tertiary/aromatic N) is 1. The molecule has 0 fully saturated rings. The SMILES string of the molecule is CC(CCc1ccc(Cl)c(Cl)c1)=N[S+]([O-])C(C)(C)C. The van der Waals surface area contributed by atoms with Gasteiger partial charge in [0.1, 0.15) is 16.1 Å². The molecule has 1 atom stereocenters. The second-order valence-corrected chi connectivity index (χ2v) is 8.16. The van der Waals surface area contributed by atoms with E-state index in [1.807, 2.05) is 39.8 Å². The second kappa shape index (κ2) is 6.98. The third-order valence-electron chi connectivity index (χ3n) is 2.52. The maximum absolute atomic E-state index is 11.9. The largest absolute Gasteiger partial charge is 0.591 e. The maximum atomic E-state index is 11.9. The molecule has 19 heavy (non-hydrogen) atoms. The van der Waals surface area contributed by atoms with Crippen molar-refractivity contribution in [3.63, 3.8) is 0 Å². The van der Waals surface area contributed by atoms with E-state index < -0.39 is 11.4 Å². The van der Waals surface area contributed by atoms with E-state index in [0.717, 1.165) is 24.1 Å². The van der Waals surface area contributed by atoms with Crippen LogP contribution in [0.15, 0.2) is 22.6 Å². The van der Waals surface area contributed by atoms with Crippen LogP contribution in [-0.2, 0) is 17.8 Å². The van der Waals surface area contributed by atoms with Gasteiger partial charge in [-0.05, 0) is 58.2 Å². The van der Waals surface area contributed by atoms with Crippen molar-refractivity contribution in [2.24, 2.45) is 4.40 Å². The summed E-state index contributed by atoms with van der Waals surface area (Å²) >= 11 is 10.6. The quantitative estimate of drug-likeness (QED) is 0.577. The molecule has 1 unspecified atom stereocenters. The first-order valence-electron chi connectivity index (χ1n) is 6.10. The fraction of sp³-hybridized carbons (Fsp3) is 0.500. The molecule has 1 aromatic rings. The van der Waals surface area contributed by atoms with Crippen LogP contribution < -0.4 is 0 Å². The highest BCUT2D eigenvalue weighted by molar-refractivity contribution is 7.91. The van der Waals surface area contributed by atoms with E-state index in [9.17, 15) is 4.55 Å². The van der Waals surface area contributed by atoms with Gasteiger partial charge in [0.05, 0.1) is 15.8 Å². The first kappa shape index (κ1) is 16.8. The monoisotopic (exact) mass is 319 g/mol. The minimum Gasteiger partial charge on any atom is -0.591 e. The van der Waals surface area contributed by atoms with Gasteiger partial charge in [0, 0.05) is 0 Å². The molecule has 2 nitrogen and oxygen atoms in total. The number of aryl methyl sites for hydroxylation is 1. The van der Waals surface area contributed by atoms with Crippen LogP contribution in [0, 0.1) is 0 Å². The number of rotatable bonds is 4. The number of hydrogen-bond acceptors (Lipinski definition) is 2. The van der Waals surface area contributed by atoms with Gasteiger partial charge < -0.3 is 4.55 Å². The maximum Gasteiger partial charge on any atom is 0.144 e. The van der Waals surface area contributed by atoms with Crippen molar-refractivity contribution in [3.05, 3.63) is 33.8 Å². The Morgan fingerprint density at radius 3 is 2.42 bits per heavy atom. The molecule has 5 heteroatoms.